The van der Waals surface area contributed by atoms with Crippen LogP contribution in [0.2, 0.25) is 0 Å². The molecule has 0 aliphatic rings. The van der Waals surface area contributed by atoms with Crippen LogP contribution in [0.15, 0.2) is 84.9 Å². The van der Waals surface area contributed by atoms with Gasteiger partial charge in [0.1, 0.15) is 0 Å². The van der Waals surface area contributed by atoms with Crippen LogP contribution >= 0.6 is 0 Å². The Balaban J connectivity index is 0.000000235. The zero-order valence-electron chi connectivity index (χ0n) is 24.5. The maximum atomic E-state index is 13.6. The van der Waals surface area contributed by atoms with Gasteiger partial charge in [0.2, 0.25) is 0 Å². The molecule has 232 valence electrons. The monoisotopic (exact) mass is 662 g/mol. The summed E-state index contributed by atoms with van der Waals surface area (Å²) in [6, 6.07) is 29.5. The molecule has 0 fully saturated rings. The van der Waals surface area contributed by atoms with E-state index in [0.29, 0.717) is 22.8 Å². The molecule has 0 aliphatic heterocycles. The van der Waals surface area contributed by atoms with E-state index < -0.39 is 57.9 Å². The van der Waals surface area contributed by atoms with Gasteiger partial charge in [-0.2, -0.15) is 36.4 Å². The first-order valence-corrected chi connectivity index (χ1v) is 13.0. The summed E-state index contributed by atoms with van der Waals surface area (Å²) in [5.41, 5.74) is 0.756. The summed E-state index contributed by atoms with van der Waals surface area (Å²) < 4.78 is 108. The molecule has 2 nitrogen and oxygen atoms in total. The first-order valence-electron chi connectivity index (χ1n) is 13.0. The number of hydrogen-bond acceptors (Lipinski definition) is 0. The van der Waals surface area contributed by atoms with Crippen molar-refractivity contribution in [2.24, 2.45) is 0 Å². The Hall–Kier alpha value is -4.15. The molecular weight excluding hydrogens is 636 g/mol. The van der Waals surface area contributed by atoms with E-state index in [-0.39, 0.29) is 21.7 Å². The number of halogens is 8. The van der Waals surface area contributed by atoms with Crippen molar-refractivity contribution < 1.29 is 56.8 Å². The van der Waals surface area contributed by atoms with Crippen molar-refractivity contribution >= 4 is 0 Å². The normalized spacial score (nSPS) is 10.0. The third-order valence-corrected chi connectivity index (χ3v) is 6.14. The van der Waals surface area contributed by atoms with Crippen molar-refractivity contribution in [3.8, 4) is 11.4 Å². The topological polar surface area (TPSA) is 9.86 Å². The molecule has 45 heavy (non-hydrogen) atoms. The molecule has 0 N–H and O–H groups in total. The summed E-state index contributed by atoms with van der Waals surface area (Å²) in [5, 5.41) is 0. The Morgan fingerprint density at radius 3 is 0.933 bits per heavy atom. The summed E-state index contributed by atoms with van der Waals surface area (Å²) in [6.45, 7) is 6.42. The van der Waals surface area contributed by atoms with Crippen molar-refractivity contribution in [1.82, 2.24) is 9.13 Å². The average Bonchev–Trinajstić information content (AvgIpc) is 3.82. The summed E-state index contributed by atoms with van der Waals surface area (Å²) in [5.74, 6) is -12.4. The van der Waals surface area contributed by atoms with Crippen LogP contribution in [0.3, 0.4) is 0 Å². The predicted molar refractivity (Wildman–Crippen MR) is 152 cm³/mol. The third-order valence-electron chi connectivity index (χ3n) is 6.14. The second kappa shape index (κ2) is 16.8. The van der Waals surface area contributed by atoms with Crippen LogP contribution in [-0.4, -0.2) is 9.13 Å². The first-order chi connectivity index (χ1) is 20.9. The van der Waals surface area contributed by atoms with E-state index in [1.807, 2.05) is 60.7 Å². The van der Waals surface area contributed by atoms with Crippen molar-refractivity contribution in [2.75, 3.05) is 0 Å². The Morgan fingerprint density at radius 1 is 0.444 bits per heavy atom. The molecule has 0 aliphatic carbocycles. The number of aromatic nitrogens is 2. The molecule has 2 heterocycles. The minimum absolute atomic E-state index is 0. The number of nitrogens with zero attached hydrogens (tertiary/aromatic N) is 2. The fraction of sp³-hybridized carbons (Fsp3) is 0.118. The van der Waals surface area contributed by atoms with Crippen LogP contribution in [0.4, 0.5) is 35.1 Å². The maximum absolute atomic E-state index is 13.6. The Kier molecular flexibility index (Phi) is 13.8. The standard InChI is InChI=1S/2C12H8F4N.2C5H5.Ti/c2*1-6-3-4-7(2)17(6)12-9(14)5-8(13)10(15)11(12)16;2*1-2-4-5-3-1;/h2*3-4H,1-2H3;2*1-5H;/q4*-1;+4. The molecule has 0 atom stereocenters. The summed E-state index contributed by atoms with van der Waals surface area (Å²) in [7, 11) is 0. The quantitative estimate of drug-likeness (QED) is 0.0575. The zero-order valence-corrected chi connectivity index (χ0v) is 26.1. The second-order valence-corrected chi connectivity index (χ2v) is 9.29. The molecule has 0 unspecified atom stereocenters. The van der Waals surface area contributed by atoms with Gasteiger partial charge < -0.3 is 9.13 Å². The molecule has 2 aromatic heterocycles. The van der Waals surface area contributed by atoms with Crippen LogP contribution in [0.5, 0.6) is 0 Å². The van der Waals surface area contributed by atoms with Gasteiger partial charge in [0.15, 0.2) is 0 Å². The molecule has 0 saturated carbocycles. The van der Waals surface area contributed by atoms with E-state index in [0.717, 1.165) is 0 Å². The van der Waals surface area contributed by atoms with E-state index in [2.05, 4.69) is 0 Å². The van der Waals surface area contributed by atoms with Gasteiger partial charge in [0.05, 0.1) is 34.9 Å². The SMILES string of the molecule is Cc1ccc(C)n1-c1c(F)[c-]c(F)c(F)c1F.Cc1ccc(C)n1-c1c(F)[c-]c(F)c(F)c1F.[Ti+4].c1cc[cH-]c1.c1cc[cH-]c1. The van der Waals surface area contributed by atoms with Crippen LogP contribution in [-0.2, 0) is 21.7 Å². The molecule has 0 spiro atoms. The fourth-order valence-electron chi connectivity index (χ4n) is 4.09. The number of hydrogen-bond donors (Lipinski definition) is 0. The predicted octanol–water partition coefficient (Wildman–Crippen LogP) is 9.71. The summed E-state index contributed by atoms with van der Waals surface area (Å²) in [4.78, 5) is 0. The van der Waals surface area contributed by atoms with Gasteiger partial charge in [0, 0.05) is 45.8 Å². The van der Waals surface area contributed by atoms with E-state index >= 15 is 0 Å². The molecule has 0 saturated heterocycles. The largest absolute Gasteiger partial charge is 4.00 e. The van der Waals surface area contributed by atoms with E-state index in [9.17, 15) is 35.1 Å². The van der Waals surface area contributed by atoms with Gasteiger partial charge in [0.25, 0.3) is 0 Å². The average molecular weight is 662 g/mol. The van der Waals surface area contributed by atoms with Gasteiger partial charge in [-0.3, -0.25) is 8.78 Å². The second-order valence-electron chi connectivity index (χ2n) is 9.29. The number of rotatable bonds is 2. The first kappa shape index (κ1) is 37.0. The Morgan fingerprint density at radius 2 is 0.711 bits per heavy atom. The minimum atomic E-state index is -1.73. The van der Waals surface area contributed by atoms with Gasteiger partial charge in [-0.1, -0.05) is 0 Å². The third kappa shape index (κ3) is 8.96. The van der Waals surface area contributed by atoms with Gasteiger partial charge in [-0.15, -0.1) is 12.1 Å². The Labute approximate surface area is 270 Å². The maximum Gasteiger partial charge on any atom is 4.00 e. The van der Waals surface area contributed by atoms with Crippen LogP contribution in [0.1, 0.15) is 22.8 Å². The van der Waals surface area contributed by atoms with Gasteiger partial charge in [-0.25, -0.2) is 50.6 Å². The molecule has 0 radical (unpaired) electrons. The molecule has 11 heteroatoms. The molecular formula is C34H26F8N2Ti. The number of benzene rings is 2. The van der Waals surface area contributed by atoms with Crippen LogP contribution in [0, 0.1) is 86.4 Å². The van der Waals surface area contributed by atoms with Crippen LogP contribution < -0.4 is 0 Å². The minimum Gasteiger partial charge on any atom is -0.367 e. The van der Waals surface area contributed by atoms with E-state index in [4.69, 9.17) is 0 Å². The molecule has 4 aromatic carbocycles. The smallest absolute Gasteiger partial charge is 0.367 e. The molecule has 0 bridgehead atoms. The Bertz CT molecular complexity index is 1580. The zero-order chi connectivity index (χ0) is 32.6. The van der Waals surface area contributed by atoms with Crippen molar-refractivity contribution in [3.05, 3.63) is 166 Å². The fourth-order valence-corrected chi connectivity index (χ4v) is 4.09. The van der Waals surface area contributed by atoms with Crippen molar-refractivity contribution in [2.45, 2.75) is 27.7 Å². The number of aryl methyl sites for hydroxylation is 4. The van der Waals surface area contributed by atoms with Crippen molar-refractivity contribution in [1.29, 1.82) is 0 Å². The molecule has 6 rings (SSSR count). The van der Waals surface area contributed by atoms with Crippen LogP contribution in [0.25, 0.3) is 11.4 Å². The molecule has 6 aromatic rings. The summed E-state index contributed by atoms with van der Waals surface area (Å²) in [6.07, 6.45) is 0. The van der Waals surface area contributed by atoms with Gasteiger partial charge >= 0.3 is 21.7 Å². The van der Waals surface area contributed by atoms with Crippen molar-refractivity contribution in [3.63, 3.8) is 0 Å². The molecule has 0 amide bonds. The van der Waals surface area contributed by atoms with E-state index in [1.54, 1.807) is 52.0 Å². The van der Waals surface area contributed by atoms with Gasteiger partial charge in [-0.05, 0) is 52.0 Å². The van der Waals surface area contributed by atoms with E-state index in [1.165, 1.54) is 21.3 Å². The summed E-state index contributed by atoms with van der Waals surface area (Å²) >= 11 is 0.